The van der Waals surface area contributed by atoms with Gasteiger partial charge in [0.05, 0.1) is 0 Å². The summed E-state index contributed by atoms with van der Waals surface area (Å²) < 4.78 is 0. The highest BCUT2D eigenvalue weighted by Crippen LogP contribution is 2.33. The van der Waals surface area contributed by atoms with Crippen LogP contribution in [-0.4, -0.2) is 5.78 Å². The number of carbonyl (C=O) groups excluding carboxylic acids is 1. The summed E-state index contributed by atoms with van der Waals surface area (Å²) in [7, 11) is 0. The summed E-state index contributed by atoms with van der Waals surface area (Å²) in [5, 5.41) is 3.53. The van der Waals surface area contributed by atoms with Gasteiger partial charge in [0.25, 0.3) is 0 Å². The lowest BCUT2D eigenvalue weighted by molar-refractivity contribution is -0.116. The van der Waals surface area contributed by atoms with Crippen molar-refractivity contribution in [2.75, 3.05) is 0 Å². The van der Waals surface area contributed by atoms with Gasteiger partial charge >= 0.3 is 0 Å². The minimum atomic E-state index is 0.0479. The van der Waals surface area contributed by atoms with Gasteiger partial charge in [-0.25, -0.2) is 0 Å². The summed E-state index contributed by atoms with van der Waals surface area (Å²) in [5.74, 6) is 0.202. The minimum Gasteiger partial charge on any atom is -0.295 e. The van der Waals surface area contributed by atoms with Gasteiger partial charge in [0.15, 0.2) is 5.78 Å². The molecule has 0 amide bonds. The molecule has 0 fully saturated rings. The quantitative estimate of drug-likeness (QED) is 0.312. The van der Waals surface area contributed by atoms with Crippen LogP contribution in [0.3, 0.4) is 0 Å². The molecule has 0 bridgehead atoms. The molecule has 0 aromatic heterocycles. The highest BCUT2D eigenvalue weighted by Gasteiger charge is 2.26. The molecule has 4 heteroatoms. The van der Waals surface area contributed by atoms with Crippen LogP contribution >= 0.6 is 0 Å². The summed E-state index contributed by atoms with van der Waals surface area (Å²) in [6.45, 7) is 4.24. The highest BCUT2D eigenvalue weighted by atomic mass is 16.1. The highest BCUT2D eigenvalue weighted by molar-refractivity contribution is 5.92. The molecule has 112 valence electrons. The van der Waals surface area contributed by atoms with Crippen molar-refractivity contribution in [1.82, 2.24) is 0 Å². The number of rotatable bonds is 4. The summed E-state index contributed by atoms with van der Waals surface area (Å²) in [4.78, 5) is 14.4. The normalized spacial score (nSPS) is 17.5. The van der Waals surface area contributed by atoms with E-state index in [4.69, 9.17) is 5.53 Å². The van der Waals surface area contributed by atoms with Crippen molar-refractivity contribution < 1.29 is 4.79 Å². The Bertz CT molecular complexity index is 688. The summed E-state index contributed by atoms with van der Waals surface area (Å²) >= 11 is 0. The molecule has 1 aliphatic rings. The molecule has 1 aromatic rings. The Morgan fingerprint density at radius 1 is 1.14 bits per heavy atom. The first kappa shape index (κ1) is 15.8. The summed E-state index contributed by atoms with van der Waals surface area (Å²) in [5.41, 5.74) is 11.1. The Morgan fingerprint density at radius 3 is 2.45 bits per heavy atom. The Hall–Kier alpha value is -2.58. The van der Waals surface area contributed by atoms with E-state index < -0.39 is 0 Å². The van der Waals surface area contributed by atoms with E-state index in [1.165, 1.54) is 0 Å². The van der Waals surface area contributed by atoms with Crippen LogP contribution in [0.2, 0.25) is 0 Å². The molecule has 0 radical (unpaired) electrons. The van der Waals surface area contributed by atoms with Crippen molar-refractivity contribution in [3.05, 3.63) is 70.1 Å². The maximum Gasteiger partial charge on any atom is 0.156 e. The van der Waals surface area contributed by atoms with Crippen molar-refractivity contribution in [3.63, 3.8) is 0 Å². The average molecular weight is 293 g/mol. The number of azide groups is 1. The van der Waals surface area contributed by atoms with E-state index in [0.717, 1.165) is 17.6 Å². The van der Waals surface area contributed by atoms with Gasteiger partial charge < -0.3 is 0 Å². The zero-order valence-electron chi connectivity index (χ0n) is 12.9. The van der Waals surface area contributed by atoms with E-state index in [1.807, 2.05) is 36.4 Å². The molecule has 0 saturated carbocycles. The molecule has 0 unspecified atom stereocenters. The van der Waals surface area contributed by atoms with E-state index in [9.17, 15) is 4.79 Å². The number of benzene rings is 1. The first-order valence-electron chi connectivity index (χ1n) is 7.22. The average Bonchev–Trinajstić information content (AvgIpc) is 2.43. The second-order valence-electron chi connectivity index (χ2n) is 6.20. The molecule has 0 spiro atoms. The number of hydrogen-bond acceptors (Lipinski definition) is 2. The van der Waals surface area contributed by atoms with Crippen LogP contribution in [0.5, 0.6) is 0 Å². The van der Waals surface area contributed by atoms with Crippen LogP contribution in [0.15, 0.2) is 59.3 Å². The predicted octanol–water partition coefficient (Wildman–Crippen LogP) is 5.51. The van der Waals surface area contributed by atoms with E-state index in [1.54, 1.807) is 18.2 Å². The summed E-state index contributed by atoms with van der Waals surface area (Å²) in [6.07, 6.45) is 11.1. The van der Waals surface area contributed by atoms with E-state index in [-0.39, 0.29) is 11.2 Å². The van der Waals surface area contributed by atoms with Crippen molar-refractivity contribution in [2.24, 2.45) is 10.5 Å². The first-order valence-corrected chi connectivity index (χ1v) is 7.22. The van der Waals surface area contributed by atoms with Gasteiger partial charge in [-0.15, -0.1) is 0 Å². The fourth-order valence-corrected chi connectivity index (χ4v) is 2.55. The van der Waals surface area contributed by atoms with Crippen LogP contribution < -0.4 is 0 Å². The molecule has 22 heavy (non-hydrogen) atoms. The molecule has 4 nitrogen and oxygen atoms in total. The van der Waals surface area contributed by atoms with Gasteiger partial charge in [0.1, 0.15) is 0 Å². The lowest BCUT2D eigenvalue weighted by Gasteiger charge is -2.27. The number of ketones is 1. The van der Waals surface area contributed by atoms with Crippen LogP contribution in [-0.2, 0) is 4.79 Å². The predicted molar refractivity (Wildman–Crippen MR) is 89.5 cm³/mol. The zero-order valence-corrected chi connectivity index (χ0v) is 12.9. The van der Waals surface area contributed by atoms with Crippen LogP contribution in [0.25, 0.3) is 16.5 Å². The monoisotopic (exact) mass is 293 g/mol. The lowest BCUT2D eigenvalue weighted by atomic mass is 9.77. The third kappa shape index (κ3) is 4.76. The Balaban J connectivity index is 1.99. The molecule has 1 aromatic carbocycles. The SMILES string of the molecule is CC1(C)CC(=O)C=C(C=CC=Cc2ccc(N=[N+]=[N-])cc2)C1. The molecular weight excluding hydrogens is 274 g/mol. The first-order chi connectivity index (χ1) is 10.5. The number of carbonyl (C=O) groups is 1. The van der Waals surface area contributed by atoms with Gasteiger partial charge in [-0.2, -0.15) is 0 Å². The van der Waals surface area contributed by atoms with Crippen molar-refractivity contribution in [3.8, 4) is 0 Å². The fourth-order valence-electron chi connectivity index (χ4n) is 2.55. The smallest absolute Gasteiger partial charge is 0.156 e. The molecule has 0 N–H and O–H groups in total. The molecule has 2 rings (SSSR count). The van der Waals surface area contributed by atoms with Gasteiger partial charge in [0.2, 0.25) is 0 Å². The van der Waals surface area contributed by atoms with Gasteiger partial charge in [0, 0.05) is 17.0 Å². The summed E-state index contributed by atoms with van der Waals surface area (Å²) in [6, 6.07) is 7.32. The van der Waals surface area contributed by atoms with Crippen LogP contribution in [0, 0.1) is 5.41 Å². The topological polar surface area (TPSA) is 65.8 Å². The molecule has 0 heterocycles. The number of hydrogen-bond donors (Lipinski definition) is 0. The second-order valence-corrected chi connectivity index (χ2v) is 6.20. The standard InChI is InChI=1S/C18H19N3O/c1-18(2)12-15(11-17(22)13-18)6-4-3-5-14-7-9-16(10-8-14)20-21-19/h3-11H,12-13H2,1-2H3. The number of nitrogens with zero attached hydrogens (tertiary/aromatic N) is 3. The van der Waals surface area contributed by atoms with Gasteiger partial charge in [-0.1, -0.05) is 67.5 Å². The molecular formula is C18H19N3O. The Kier molecular flexibility index (Phi) is 4.97. The largest absolute Gasteiger partial charge is 0.295 e. The van der Waals surface area contributed by atoms with Gasteiger partial charge in [-0.05, 0) is 34.6 Å². The molecule has 0 atom stereocenters. The minimum absolute atomic E-state index is 0.0479. The Morgan fingerprint density at radius 2 is 1.82 bits per heavy atom. The maximum atomic E-state index is 11.7. The van der Waals surface area contributed by atoms with Crippen LogP contribution in [0.1, 0.15) is 32.3 Å². The van der Waals surface area contributed by atoms with Crippen molar-refractivity contribution in [1.29, 1.82) is 0 Å². The van der Waals surface area contributed by atoms with Gasteiger partial charge in [-0.3, -0.25) is 4.79 Å². The van der Waals surface area contributed by atoms with E-state index in [0.29, 0.717) is 12.1 Å². The van der Waals surface area contributed by atoms with Crippen molar-refractivity contribution in [2.45, 2.75) is 26.7 Å². The lowest BCUT2D eigenvalue weighted by Crippen LogP contribution is -2.21. The molecule has 0 aliphatic heterocycles. The van der Waals surface area contributed by atoms with E-state index >= 15 is 0 Å². The Labute approximate surface area is 130 Å². The van der Waals surface area contributed by atoms with Crippen molar-refractivity contribution >= 4 is 17.5 Å². The fraction of sp³-hybridized carbons (Fsp3) is 0.278. The van der Waals surface area contributed by atoms with Crippen LogP contribution in [0.4, 0.5) is 5.69 Å². The molecule has 1 aliphatic carbocycles. The third-order valence-corrected chi connectivity index (χ3v) is 3.45. The van der Waals surface area contributed by atoms with E-state index in [2.05, 4.69) is 23.9 Å². The maximum absolute atomic E-state index is 11.7. The third-order valence-electron chi connectivity index (χ3n) is 3.45. The molecule has 0 saturated heterocycles. The zero-order chi connectivity index (χ0) is 16.0. The number of allylic oxidation sites excluding steroid dienone is 5. The second kappa shape index (κ2) is 6.92.